The van der Waals surface area contributed by atoms with Crippen molar-refractivity contribution in [2.75, 3.05) is 10.8 Å². The smallest absolute Gasteiger partial charge is 0.264 e. The average molecular weight is 681 g/mol. The normalized spacial score (nSPS) is 12.7. The van der Waals surface area contributed by atoms with Crippen LogP contribution in [0, 0.1) is 13.8 Å². The number of halogens is 2. The second kappa shape index (κ2) is 15.6. The van der Waals surface area contributed by atoms with Gasteiger partial charge < -0.3 is 10.2 Å². The number of carbonyl (C=O) groups is 2. The summed E-state index contributed by atoms with van der Waals surface area (Å²) in [4.78, 5) is 30.1. The van der Waals surface area contributed by atoms with E-state index in [1.54, 1.807) is 61.5 Å². The second-order valence-corrected chi connectivity index (χ2v) is 14.1. The Labute approximate surface area is 282 Å². The van der Waals surface area contributed by atoms with Gasteiger partial charge in [-0.1, -0.05) is 102 Å². The lowest BCUT2D eigenvalue weighted by Crippen LogP contribution is -2.54. The number of hydrogen-bond donors (Lipinski definition) is 1. The molecule has 0 aliphatic carbocycles. The fourth-order valence-electron chi connectivity index (χ4n) is 5.02. The maximum Gasteiger partial charge on any atom is 0.264 e. The molecule has 10 heteroatoms. The standard InChI is InChI=1S/C36H39Cl2N3O4S/c1-5-27(4)39-36(43)34(21-28-12-7-6-8-13-28)40(23-29-17-18-30(37)22-32(29)38)35(42)24-41(33-14-10-9-11-26(33)3)46(44,45)31-19-15-25(2)16-20-31/h6-20,22,27,34H,5,21,23-24H2,1-4H3,(H,39,43)/t27-,34-/m1/s1. The van der Waals surface area contributed by atoms with E-state index >= 15 is 0 Å². The van der Waals surface area contributed by atoms with Crippen molar-refractivity contribution in [3.05, 3.63) is 129 Å². The molecule has 0 aliphatic rings. The van der Waals surface area contributed by atoms with Gasteiger partial charge in [0.1, 0.15) is 12.6 Å². The summed E-state index contributed by atoms with van der Waals surface area (Å²) in [5.74, 6) is -0.911. The number of amides is 2. The lowest BCUT2D eigenvalue weighted by molar-refractivity contribution is -0.140. The summed E-state index contributed by atoms with van der Waals surface area (Å²) in [5, 5.41) is 3.79. The van der Waals surface area contributed by atoms with Crippen LogP contribution in [-0.4, -0.2) is 43.8 Å². The van der Waals surface area contributed by atoms with Gasteiger partial charge in [-0.25, -0.2) is 8.42 Å². The van der Waals surface area contributed by atoms with E-state index in [2.05, 4.69) is 5.32 Å². The molecule has 4 aromatic carbocycles. The van der Waals surface area contributed by atoms with Gasteiger partial charge in [-0.15, -0.1) is 0 Å². The molecule has 0 saturated heterocycles. The molecule has 0 saturated carbocycles. The number of anilines is 1. The Morgan fingerprint density at radius 3 is 2.15 bits per heavy atom. The van der Waals surface area contributed by atoms with Crippen LogP contribution in [-0.2, 0) is 32.6 Å². The lowest BCUT2D eigenvalue weighted by atomic mass is 10.0. The summed E-state index contributed by atoms with van der Waals surface area (Å²) in [6.07, 6.45) is 0.895. The van der Waals surface area contributed by atoms with Gasteiger partial charge in [-0.2, -0.15) is 0 Å². The van der Waals surface area contributed by atoms with Gasteiger partial charge in [0.15, 0.2) is 0 Å². The molecule has 0 radical (unpaired) electrons. The van der Waals surface area contributed by atoms with Crippen LogP contribution >= 0.6 is 23.2 Å². The molecule has 0 spiro atoms. The highest BCUT2D eigenvalue weighted by molar-refractivity contribution is 7.92. The minimum Gasteiger partial charge on any atom is -0.352 e. The zero-order chi connectivity index (χ0) is 33.4. The Hall–Kier alpha value is -3.85. The van der Waals surface area contributed by atoms with Gasteiger partial charge in [0.25, 0.3) is 10.0 Å². The van der Waals surface area contributed by atoms with Crippen molar-refractivity contribution >= 4 is 50.7 Å². The molecule has 2 atom stereocenters. The zero-order valence-corrected chi connectivity index (χ0v) is 28.7. The molecule has 1 N–H and O–H groups in total. The Bertz CT molecular complexity index is 1770. The van der Waals surface area contributed by atoms with Crippen molar-refractivity contribution in [2.45, 2.75) is 64.1 Å². The van der Waals surface area contributed by atoms with Gasteiger partial charge in [0.2, 0.25) is 11.8 Å². The van der Waals surface area contributed by atoms with E-state index in [9.17, 15) is 18.0 Å². The maximum atomic E-state index is 14.6. The molecule has 4 aromatic rings. The SMILES string of the molecule is CC[C@@H](C)NC(=O)[C@@H](Cc1ccccc1)N(Cc1ccc(Cl)cc1Cl)C(=O)CN(c1ccccc1C)S(=O)(=O)c1ccc(C)cc1. The molecule has 0 aliphatic heterocycles. The van der Waals surface area contributed by atoms with Crippen LogP contribution in [0.4, 0.5) is 5.69 Å². The monoisotopic (exact) mass is 679 g/mol. The molecule has 0 bridgehead atoms. The van der Waals surface area contributed by atoms with Crippen LogP contribution in [0.15, 0.2) is 102 Å². The first kappa shape index (κ1) is 35.0. The fourth-order valence-corrected chi connectivity index (χ4v) is 6.97. The van der Waals surface area contributed by atoms with Gasteiger partial charge >= 0.3 is 0 Å². The third kappa shape index (κ3) is 8.69. The number of aryl methyl sites for hydroxylation is 2. The number of carbonyl (C=O) groups excluding carboxylic acids is 2. The van der Waals surface area contributed by atoms with Crippen LogP contribution in [0.2, 0.25) is 10.0 Å². The highest BCUT2D eigenvalue weighted by atomic mass is 35.5. The van der Waals surface area contributed by atoms with Gasteiger partial charge in [-0.05, 0) is 74.2 Å². The topological polar surface area (TPSA) is 86.8 Å². The third-order valence-electron chi connectivity index (χ3n) is 7.90. The van der Waals surface area contributed by atoms with E-state index in [0.29, 0.717) is 33.3 Å². The van der Waals surface area contributed by atoms with Gasteiger partial charge in [0, 0.05) is 29.1 Å². The number of hydrogen-bond acceptors (Lipinski definition) is 4. The summed E-state index contributed by atoms with van der Waals surface area (Å²) >= 11 is 12.8. The minimum atomic E-state index is -4.19. The fraction of sp³-hybridized carbons (Fsp3) is 0.278. The first-order chi connectivity index (χ1) is 21.9. The summed E-state index contributed by atoms with van der Waals surface area (Å²) in [6.45, 7) is 6.93. The molecular weight excluding hydrogens is 641 g/mol. The second-order valence-electron chi connectivity index (χ2n) is 11.4. The first-order valence-corrected chi connectivity index (χ1v) is 17.3. The predicted molar refractivity (Wildman–Crippen MR) is 186 cm³/mol. The van der Waals surface area contributed by atoms with E-state index < -0.39 is 28.5 Å². The number of para-hydroxylation sites is 1. The molecular formula is C36H39Cl2N3O4S. The molecule has 0 fully saturated rings. The lowest BCUT2D eigenvalue weighted by Gasteiger charge is -2.34. The molecule has 0 aromatic heterocycles. The molecule has 242 valence electrons. The maximum absolute atomic E-state index is 14.6. The van der Waals surface area contributed by atoms with Crippen molar-refractivity contribution in [3.8, 4) is 0 Å². The molecule has 0 heterocycles. The number of nitrogens with one attached hydrogen (secondary N) is 1. The minimum absolute atomic E-state index is 0.0492. The molecule has 2 amide bonds. The van der Waals surface area contributed by atoms with Crippen LogP contribution in [0.5, 0.6) is 0 Å². The van der Waals surface area contributed by atoms with Crippen LogP contribution in [0.1, 0.15) is 42.5 Å². The summed E-state index contributed by atoms with van der Waals surface area (Å²) < 4.78 is 29.6. The van der Waals surface area contributed by atoms with Crippen molar-refractivity contribution in [2.24, 2.45) is 0 Å². The van der Waals surface area contributed by atoms with E-state index in [0.717, 1.165) is 15.4 Å². The number of sulfonamides is 1. The molecule has 4 rings (SSSR count). The van der Waals surface area contributed by atoms with Crippen LogP contribution in [0.25, 0.3) is 0 Å². The Kier molecular flexibility index (Phi) is 11.9. The van der Waals surface area contributed by atoms with E-state index in [1.807, 2.05) is 51.1 Å². The van der Waals surface area contributed by atoms with Crippen LogP contribution in [0.3, 0.4) is 0 Å². The molecule has 0 unspecified atom stereocenters. The average Bonchev–Trinajstić information content (AvgIpc) is 3.03. The van der Waals surface area contributed by atoms with Gasteiger partial charge in [0.05, 0.1) is 10.6 Å². The Morgan fingerprint density at radius 1 is 0.870 bits per heavy atom. The van der Waals surface area contributed by atoms with Crippen LogP contribution < -0.4 is 9.62 Å². The van der Waals surface area contributed by atoms with Crippen molar-refractivity contribution < 1.29 is 18.0 Å². The predicted octanol–water partition coefficient (Wildman–Crippen LogP) is 7.36. The van der Waals surface area contributed by atoms with E-state index in [4.69, 9.17) is 23.2 Å². The third-order valence-corrected chi connectivity index (χ3v) is 10.3. The van der Waals surface area contributed by atoms with Crippen molar-refractivity contribution in [1.82, 2.24) is 10.2 Å². The summed E-state index contributed by atoms with van der Waals surface area (Å²) in [6, 6.07) is 26.7. The number of nitrogens with zero attached hydrogens (tertiary/aromatic N) is 2. The quantitative estimate of drug-likeness (QED) is 0.160. The molecule has 46 heavy (non-hydrogen) atoms. The molecule has 7 nitrogen and oxygen atoms in total. The highest BCUT2D eigenvalue weighted by Gasteiger charge is 2.35. The Morgan fingerprint density at radius 2 is 1.52 bits per heavy atom. The Balaban J connectivity index is 1.84. The van der Waals surface area contributed by atoms with E-state index in [-0.39, 0.29) is 29.8 Å². The highest BCUT2D eigenvalue weighted by Crippen LogP contribution is 2.29. The number of rotatable bonds is 13. The zero-order valence-electron chi connectivity index (χ0n) is 26.4. The number of benzene rings is 4. The van der Waals surface area contributed by atoms with E-state index in [1.165, 1.54) is 17.0 Å². The van der Waals surface area contributed by atoms with Crippen molar-refractivity contribution in [1.29, 1.82) is 0 Å². The summed E-state index contributed by atoms with van der Waals surface area (Å²) in [7, 11) is -4.19. The summed E-state index contributed by atoms with van der Waals surface area (Å²) in [5.41, 5.74) is 3.35. The largest absolute Gasteiger partial charge is 0.352 e. The first-order valence-electron chi connectivity index (χ1n) is 15.1. The van der Waals surface area contributed by atoms with Gasteiger partial charge in [-0.3, -0.25) is 13.9 Å². The van der Waals surface area contributed by atoms with Crippen molar-refractivity contribution in [3.63, 3.8) is 0 Å².